The predicted octanol–water partition coefficient (Wildman–Crippen LogP) is 3.96. The number of Topliss-reactive ketones (excluding diaryl/α,β-unsaturated/α-hetero) is 2. The highest BCUT2D eigenvalue weighted by Crippen LogP contribution is 2.34. The van der Waals surface area contributed by atoms with E-state index in [1.165, 1.54) is 32.4 Å². The maximum Gasteiger partial charge on any atom is 0.234 e. The summed E-state index contributed by atoms with van der Waals surface area (Å²) in [5.41, 5.74) is 1.13. The van der Waals surface area contributed by atoms with Gasteiger partial charge in [0, 0.05) is 40.5 Å². The first-order chi connectivity index (χ1) is 17.4. The average molecular weight is 488 g/mol. The fraction of sp³-hybridized carbons (Fsp3) is 0.214. The zero-order valence-electron chi connectivity index (χ0n) is 20.3. The maximum atomic E-state index is 13.4. The average Bonchev–Trinajstić information content (AvgIpc) is 2.94. The smallest absolute Gasteiger partial charge is 0.234 e. The van der Waals surface area contributed by atoms with Gasteiger partial charge in [-0.15, -0.1) is 0 Å². The van der Waals surface area contributed by atoms with Gasteiger partial charge >= 0.3 is 0 Å². The first kappa shape index (κ1) is 24.5. The Morgan fingerprint density at radius 2 is 1.14 bits per heavy atom. The topological polar surface area (TPSA) is 89.5 Å². The number of rotatable bonds is 7. The Hall–Kier alpha value is -4.64. The van der Waals surface area contributed by atoms with Crippen LogP contribution in [0.2, 0.25) is 0 Å². The standard InChI is InChI=1S/C28H24O8/c1-31-20-9-17(10-21(14-20)32-2)5-6-18-13-25-26(36-8-7-35-25)16-24(18)28(30)27(29)19-11-22(33-3)15-23(12-19)34-4/h9-16H,7-8H2,1-4H3. The summed E-state index contributed by atoms with van der Waals surface area (Å²) >= 11 is 0. The van der Waals surface area contributed by atoms with E-state index in [2.05, 4.69) is 11.8 Å². The molecule has 1 heterocycles. The van der Waals surface area contributed by atoms with Crippen molar-refractivity contribution in [3.05, 3.63) is 70.8 Å². The first-order valence-corrected chi connectivity index (χ1v) is 11.0. The predicted molar refractivity (Wildman–Crippen MR) is 131 cm³/mol. The minimum Gasteiger partial charge on any atom is -0.497 e. The van der Waals surface area contributed by atoms with Gasteiger partial charge < -0.3 is 28.4 Å². The maximum absolute atomic E-state index is 13.4. The molecule has 0 amide bonds. The van der Waals surface area contributed by atoms with E-state index >= 15 is 0 Å². The molecule has 0 aromatic heterocycles. The third kappa shape index (κ3) is 5.20. The van der Waals surface area contributed by atoms with Gasteiger partial charge in [0.05, 0.1) is 28.4 Å². The molecule has 36 heavy (non-hydrogen) atoms. The van der Waals surface area contributed by atoms with E-state index in [4.69, 9.17) is 28.4 Å². The summed E-state index contributed by atoms with van der Waals surface area (Å²) in [4.78, 5) is 26.7. The Kier molecular flexibility index (Phi) is 7.31. The second-order valence-electron chi connectivity index (χ2n) is 7.65. The summed E-state index contributed by atoms with van der Waals surface area (Å²) in [6.07, 6.45) is 0. The largest absolute Gasteiger partial charge is 0.497 e. The quantitative estimate of drug-likeness (QED) is 0.281. The zero-order chi connectivity index (χ0) is 25.7. The third-order valence-electron chi connectivity index (χ3n) is 5.44. The van der Waals surface area contributed by atoms with E-state index in [1.807, 2.05) is 0 Å². The molecule has 1 aliphatic rings. The highest BCUT2D eigenvalue weighted by atomic mass is 16.6. The fourth-order valence-corrected chi connectivity index (χ4v) is 3.59. The Morgan fingerprint density at radius 1 is 0.639 bits per heavy atom. The number of fused-ring (bicyclic) bond motifs is 1. The SMILES string of the molecule is COc1cc(C#Cc2cc3c(cc2C(=O)C(=O)c2cc(OC)cc(OC)c2)OCCO3)cc(OC)c1. The minimum atomic E-state index is -0.755. The number of ether oxygens (including phenoxy) is 6. The zero-order valence-corrected chi connectivity index (χ0v) is 20.3. The normalized spacial score (nSPS) is 11.6. The lowest BCUT2D eigenvalue weighted by atomic mass is 9.96. The molecule has 0 fully saturated rings. The molecule has 8 nitrogen and oxygen atoms in total. The molecule has 0 radical (unpaired) electrons. The summed E-state index contributed by atoms with van der Waals surface area (Å²) in [5.74, 6) is 7.25. The second-order valence-corrected chi connectivity index (χ2v) is 7.65. The van der Waals surface area contributed by atoms with Gasteiger partial charge in [0.2, 0.25) is 11.6 Å². The van der Waals surface area contributed by atoms with Gasteiger partial charge in [-0.25, -0.2) is 0 Å². The molecule has 184 valence electrons. The summed E-state index contributed by atoms with van der Waals surface area (Å²) in [5, 5.41) is 0. The monoisotopic (exact) mass is 488 g/mol. The van der Waals surface area contributed by atoms with Crippen LogP contribution in [0.3, 0.4) is 0 Å². The molecular weight excluding hydrogens is 464 g/mol. The first-order valence-electron chi connectivity index (χ1n) is 11.0. The lowest BCUT2D eigenvalue weighted by Crippen LogP contribution is -2.19. The molecule has 4 rings (SSSR count). The number of ketones is 2. The van der Waals surface area contributed by atoms with Crippen molar-refractivity contribution in [3.63, 3.8) is 0 Å². The number of carbonyl (C=O) groups excluding carboxylic acids is 2. The van der Waals surface area contributed by atoms with Gasteiger partial charge in [0.1, 0.15) is 36.2 Å². The van der Waals surface area contributed by atoms with Crippen LogP contribution < -0.4 is 28.4 Å². The number of hydrogen-bond acceptors (Lipinski definition) is 8. The van der Waals surface area contributed by atoms with Crippen molar-refractivity contribution < 1.29 is 38.0 Å². The molecule has 0 atom stereocenters. The van der Waals surface area contributed by atoms with E-state index in [0.29, 0.717) is 58.8 Å². The summed E-state index contributed by atoms with van der Waals surface area (Å²) in [7, 11) is 6.02. The molecular formula is C28H24O8. The fourth-order valence-electron chi connectivity index (χ4n) is 3.59. The number of benzene rings is 3. The Labute approximate surface area is 208 Å². The van der Waals surface area contributed by atoms with Crippen molar-refractivity contribution in [1.82, 2.24) is 0 Å². The molecule has 3 aromatic rings. The van der Waals surface area contributed by atoms with Crippen LogP contribution in [0.5, 0.6) is 34.5 Å². The van der Waals surface area contributed by atoms with Crippen LogP contribution in [-0.2, 0) is 0 Å². The molecule has 0 bridgehead atoms. The molecule has 8 heteroatoms. The Morgan fingerprint density at radius 3 is 1.67 bits per heavy atom. The molecule has 3 aromatic carbocycles. The lowest BCUT2D eigenvalue weighted by molar-refractivity contribution is 0.0816. The minimum absolute atomic E-state index is 0.0911. The van der Waals surface area contributed by atoms with Gasteiger partial charge in [-0.05, 0) is 30.3 Å². The summed E-state index contributed by atoms with van der Waals surface area (Å²) in [6.45, 7) is 0.694. The van der Waals surface area contributed by atoms with Gasteiger partial charge in [-0.3, -0.25) is 9.59 Å². The molecule has 1 aliphatic heterocycles. The van der Waals surface area contributed by atoms with Crippen LogP contribution in [0.25, 0.3) is 0 Å². The van der Waals surface area contributed by atoms with Crippen molar-refractivity contribution >= 4 is 11.6 Å². The van der Waals surface area contributed by atoms with E-state index in [-0.39, 0.29) is 11.1 Å². The van der Waals surface area contributed by atoms with E-state index in [1.54, 1.807) is 44.6 Å². The molecule has 0 unspecified atom stereocenters. The Balaban J connectivity index is 1.78. The van der Waals surface area contributed by atoms with Crippen LogP contribution in [-0.4, -0.2) is 53.2 Å². The van der Waals surface area contributed by atoms with E-state index in [0.717, 1.165) is 0 Å². The number of methoxy groups -OCH3 is 4. The van der Waals surface area contributed by atoms with E-state index < -0.39 is 11.6 Å². The van der Waals surface area contributed by atoms with Crippen LogP contribution in [0.1, 0.15) is 31.8 Å². The third-order valence-corrected chi connectivity index (χ3v) is 5.44. The molecule has 0 spiro atoms. The molecule has 0 aliphatic carbocycles. The molecule has 0 N–H and O–H groups in total. The highest BCUT2D eigenvalue weighted by Gasteiger charge is 2.25. The van der Waals surface area contributed by atoms with Crippen LogP contribution in [0, 0.1) is 11.8 Å². The van der Waals surface area contributed by atoms with Crippen LogP contribution in [0.15, 0.2) is 48.5 Å². The highest BCUT2D eigenvalue weighted by molar-refractivity contribution is 6.49. The van der Waals surface area contributed by atoms with Gasteiger partial charge in [0.25, 0.3) is 0 Å². The lowest BCUT2D eigenvalue weighted by Gasteiger charge is -2.19. The van der Waals surface area contributed by atoms with Crippen molar-refractivity contribution in [3.8, 4) is 46.3 Å². The van der Waals surface area contributed by atoms with E-state index in [9.17, 15) is 9.59 Å². The number of carbonyl (C=O) groups is 2. The summed E-state index contributed by atoms with van der Waals surface area (Å²) in [6, 6.07) is 12.9. The Bertz CT molecular complexity index is 1340. The molecule has 0 saturated carbocycles. The van der Waals surface area contributed by atoms with Crippen LogP contribution in [0.4, 0.5) is 0 Å². The number of hydrogen-bond donors (Lipinski definition) is 0. The van der Waals surface area contributed by atoms with Crippen molar-refractivity contribution in [2.75, 3.05) is 41.7 Å². The molecule has 0 saturated heterocycles. The van der Waals surface area contributed by atoms with Crippen molar-refractivity contribution in [2.24, 2.45) is 0 Å². The van der Waals surface area contributed by atoms with Gasteiger partial charge in [-0.1, -0.05) is 11.8 Å². The summed E-state index contributed by atoms with van der Waals surface area (Å²) < 4.78 is 32.4. The van der Waals surface area contributed by atoms with Crippen molar-refractivity contribution in [2.45, 2.75) is 0 Å². The van der Waals surface area contributed by atoms with Crippen LogP contribution >= 0.6 is 0 Å². The van der Waals surface area contributed by atoms with Crippen molar-refractivity contribution in [1.29, 1.82) is 0 Å². The van der Waals surface area contributed by atoms with Gasteiger partial charge in [0.15, 0.2) is 11.5 Å². The van der Waals surface area contributed by atoms with Gasteiger partial charge in [-0.2, -0.15) is 0 Å². The second kappa shape index (κ2) is 10.7.